The third-order valence-electron chi connectivity index (χ3n) is 5.43. The normalized spacial score (nSPS) is 15.7. The van der Waals surface area contributed by atoms with Crippen molar-refractivity contribution in [2.75, 3.05) is 39.2 Å². The molecule has 1 N–H and O–H groups in total. The topological polar surface area (TPSA) is 65.9 Å². The molecule has 0 saturated carbocycles. The second-order valence-corrected chi connectivity index (χ2v) is 8.63. The van der Waals surface area contributed by atoms with Gasteiger partial charge in [0.25, 0.3) is 0 Å². The number of methoxy groups -OCH3 is 1. The number of nitrogens with one attached hydrogen (secondary N) is 1. The predicted molar refractivity (Wildman–Crippen MR) is 140 cm³/mol. The van der Waals surface area contributed by atoms with Gasteiger partial charge in [0, 0.05) is 52.4 Å². The van der Waals surface area contributed by atoms with Gasteiger partial charge in [-0.2, -0.15) is 0 Å². The lowest BCUT2D eigenvalue weighted by Crippen LogP contribution is -2.38. The van der Waals surface area contributed by atoms with E-state index in [1.807, 2.05) is 27.2 Å². The Bertz CT molecular complexity index is 822. The fraction of sp³-hybridized carbons (Fsp3) is 0.591. The number of nitrogens with zero attached hydrogens (tertiary/aromatic N) is 5. The van der Waals surface area contributed by atoms with Crippen LogP contribution in [0.3, 0.4) is 0 Å². The molecule has 1 atom stereocenters. The van der Waals surface area contributed by atoms with E-state index in [1.54, 1.807) is 18.4 Å². The maximum atomic E-state index is 5.36. The van der Waals surface area contributed by atoms with Crippen LogP contribution >= 0.6 is 35.3 Å². The van der Waals surface area contributed by atoms with Crippen LogP contribution in [-0.2, 0) is 17.8 Å². The molecule has 0 radical (unpaired) electrons. The van der Waals surface area contributed by atoms with Gasteiger partial charge in [-0.05, 0) is 37.5 Å². The van der Waals surface area contributed by atoms with E-state index in [4.69, 9.17) is 4.74 Å². The van der Waals surface area contributed by atoms with Gasteiger partial charge in [-0.25, -0.2) is 9.97 Å². The van der Waals surface area contributed by atoms with Crippen molar-refractivity contribution in [3.63, 3.8) is 0 Å². The molecule has 0 aromatic carbocycles. The number of ether oxygens (including phenoxy) is 1. The molecule has 0 amide bonds. The van der Waals surface area contributed by atoms with E-state index < -0.39 is 0 Å². The first-order valence-corrected chi connectivity index (χ1v) is 11.6. The zero-order valence-electron chi connectivity index (χ0n) is 19.0. The molecule has 31 heavy (non-hydrogen) atoms. The Morgan fingerprint density at radius 1 is 1.32 bits per heavy atom. The van der Waals surface area contributed by atoms with E-state index >= 15 is 0 Å². The number of hydrogen-bond donors (Lipinski definition) is 1. The smallest absolute Gasteiger partial charge is 0.194 e. The third-order valence-corrected chi connectivity index (χ3v) is 6.49. The van der Waals surface area contributed by atoms with Crippen LogP contribution in [0.5, 0.6) is 0 Å². The number of halogens is 1. The number of thiazole rings is 1. The van der Waals surface area contributed by atoms with Crippen LogP contribution < -0.4 is 10.2 Å². The molecule has 3 heterocycles. The zero-order chi connectivity index (χ0) is 21.3. The van der Waals surface area contributed by atoms with Gasteiger partial charge in [0.15, 0.2) is 5.96 Å². The number of guanidine groups is 1. The van der Waals surface area contributed by atoms with E-state index in [1.165, 1.54) is 31.2 Å². The molecule has 0 bridgehead atoms. The Kier molecular flexibility index (Phi) is 11.0. The molecule has 2 aromatic heterocycles. The first-order valence-electron chi connectivity index (χ1n) is 10.7. The fourth-order valence-electron chi connectivity index (χ4n) is 3.61. The van der Waals surface area contributed by atoms with Crippen LogP contribution in [0.2, 0.25) is 0 Å². The molecule has 172 valence electrons. The number of hydrogen-bond acceptors (Lipinski definition) is 6. The van der Waals surface area contributed by atoms with Crippen molar-refractivity contribution in [3.8, 4) is 0 Å². The summed E-state index contributed by atoms with van der Waals surface area (Å²) in [5.41, 5.74) is 2.24. The van der Waals surface area contributed by atoms with Crippen LogP contribution in [0.4, 0.5) is 5.82 Å². The molecule has 1 fully saturated rings. The summed E-state index contributed by atoms with van der Waals surface area (Å²) in [6, 6.07) is 4.27. The van der Waals surface area contributed by atoms with Gasteiger partial charge in [0.1, 0.15) is 16.9 Å². The molecular weight excluding hydrogens is 523 g/mol. The Balaban J connectivity index is 0.00000341. The largest absolute Gasteiger partial charge is 0.375 e. The van der Waals surface area contributed by atoms with Gasteiger partial charge in [-0.1, -0.05) is 12.8 Å². The van der Waals surface area contributed by atoms with Gasteiger partial charge >= 0.3 is 0 Å². The first-order chi connectivity index (χ1) is 14.6. The SMILES string of the molecule is CN=C(NCc1ccnc(N2CCCCCC2)c1)N(C)Cc1csc(C(C)OC)n1.I. The summed E-state index contributed by atoms with van der Waals surface area (Å²) in [6.45, 7) is 5.63. The second-order valence-electron chi connectivity index (χ2n) is 7.74. The highest BCUT2D eigenvalue weighted by Crippen LogP contribution is 2.21. The van der Waals surface area contributed by atoms with Crippen LogP contribution in [-0.4, -0.2) is 55.1 Å². The van der Waals surface area contributed by atoms with Crippen LogP contribution in [0.25, 0.3) is 0 Å². The number of pyridine rings is 1. The van der Waals surface area contributed by atoms with Gasteiger partial charge in [0.05, 0.1) is 12.2 Å². The van der Waals surface area contributed by atoms with E-state index in [0.29, 0.717) is 13.1 Å². The Labute approximate surface area is 207 Å². The molecule has 7 nitrogen and oxygen atoms in total. The standard InChI is InChI=1S/C22H34N6OS.HI/c1-17(29-4)21-26-19(16-30-21)15-27(3)22(23-2)25-14-18-9-10-24-20(13-18)28-11-7-5-6-8-12-28;/h9-10,13,16-17H,5-8,11-12,14-15H2,1-4H3,(H,23,25);1H. The zero-order valence-corrected chi connectivity index (χ0v) is 22.2. The molecular formula is C22H35IN6OS. The van der Waals surface area contributed by atoms with Crippen molar-refractivity contribution in [3.05, 3.63) is 40.0 Å². The van der Waals surface area contributed by atoms with Crippen molar-refractivity contribution < 1.29 is 4.74 Å². The lowest BCUT2D eigenvalue weighted by atomic mass is 10.2. The summed E-state index contributed by atoms with van der Waals surface area (Å²) in [4.78, 5) is 18.2. The molecule has 0 aliphatic carbocycles. The molecule has 1 aliphatic heterocycles. The van der Waals surface area contributed by atoms with Gasteiger partial charge in [0.2, 0.25) is 0 Å². The highest BCUT2D eigenvalue weighted by Gasteiger charge is 2.14. The van der Waals surface area contributed by atoms with Crippen molar-refractivity contribution >= 4 is 47.1 Å². The summed E-state index contributed by atoms with van der Waals surface area (Å²) in [6.07, 6.45) is 7.09. The highest BCUT2D eigenvalue weighted by atomic mass is 127. The predicted octanol–water partition coefficient (Wildman–Crippen LogP) is 4.45. The molecule has 1 saturated heterocycles. The lowest BCUT2D eigenvalue weighted by Gasteiger charge is -2.23. The summed E-state index contributed by atoms with van der Waals surface area (Å²) < 4.78 is 5.36. The van der Waals surface area contributed by atoms with E-state index in [9.17, 15) is 0 Å². The molecule has 1 unspecified atom stereocenters. The number of aliphatic imine (C=N–C) groups is 1. The van der Waals surface area contributed by atoms with Crippen molar-refractivity contribution in [1.82, 2.24) is 20.2 Å². The molecule has 3 rings (SSSR count). The quantitative estimate of drug-likeness (QED) is 0.308. The first kappa shape index (κ1) is 25.8. The minimum absolute atomic E-state index is 0. The monoisotopic (exact) mass is 558 g/mol. The Morgan fingerprint density at radius 3 is 2.74 bits per heavy atom. The average Bonchev–Trinajstić information content (AvgIpc) is 3.05. The van der Waals surface area contributed by atoms with Crippen LogP contribution in [0, 0.1) is 0 Å². The maximum absolute atomic E-state index is 5.36. The number of anilines is 1. The van der Waals surface area contributed by atoms with Crippen LogP contribution in [0.15, 0.2) is 28.7 Å². The lowest BCUT2D eigenvalue weighted by molar-refractivity contribution is 0.119. The molecule has 0 spiro atoms. The summed E-state index contributed by atoms with van der Waals surface area (Å²) in [7, 11) is 5.55. The second kappa shape index (κ2) is 13.2. The average molecular weight is 559 g/mol. The Morgan fingerprint density at radius 2 is 2.06 bits per heavy atom. The molecule has 2 aromatic rings. The van der Waals surface area contributed by atoms with Gasteiger partial charge < -0.3 is 19.9 Å². The van der Waals surface area contributed by atoms with Crippen molar-refractivity contribution in [2.45, 2.75) is 51.8 Å². The van der Waals surface area contributed by atoms with E-state index in [-0.39, 0.29) is 30.1 Å². The number of aromatic nitrogens is 2. The minimum atomic E-state index is 0. The van der Waals surface area contributed by atoms with E-state index in [2.05, 4.69) is 47.6 Å². The third kappa shape index (κ3) is 7.57. The molecule has 1 aliphatic rings. The van der Waals surface area contributed by atoms with E-state index in [0.717, 1.165) is 35.6 Å². The fourth-order valence-corrected chi connectivity index (χ4v) is 4.45. The Hall–Kier alpha value is -1.46. The summed E-state index contributed by atoms with van der Waals surface area (Å²) >= 11 is 1.64. The van der Waals surface area contributed by atoms with Crippen molar-refractivity contribution in [1.29, 1.82) is 0 Å². The van der Waals surface area contributed by atoms with Gasteiger partial charge in [-0.15, -0.1) is 35.3 Å². The minimum Gasteiger partial charge on any atom is -0.375 e. The highest BCUT2D eigenvalue weighted by molar-refractivity contribution is 14.0. The van der Waals surface area contributed by atoms with Gasteiger partial charge in [-0.3, -0.25) is 4.99 Å². The van der Waals surface area contributed by atoms with Crippen molar-refractivity contribution in [2.24, 2.45) is 4.99 Å². The summed E-state index contributed by atoms with van der Waals surface area (Å²) in [5, 5.41) is 6.56. The van der Waals surface area contributed by atoms with Crippen LogP contribution in [0.1, 0.15) is 55.0 Å². The summed E-state index contributed by atoms with van der Waals surface area (Å²) in [5.74, 6) is 1.93. The number of rotatable bonds is 7. The molecule has 9 heteroatoms. The maximum Gasteiger partial charge on any atom is 0.194 e.